The van der Waals surface area contributed by atoms with Gasteiger partial charge in [-0.25, -0.2) is 9.37 Å². The zero-order valence-corrected chi connectivity index (χ0v) is 21.7. The van der Waals surface area contributed by atoms with Gasteiger partial charge in [0.25, 0.3) is 5.91 Å². The molecule has 3 aromatic carbocycles. The molecule has 198 valence electrons. The SMILES string of the molecule is O=C(NCc1cc(F)cc(Cl)c1)[C@@]1(O)CCC(CCc2ccc3[nH]c(-c4nc5ccccc5[nH]4)cc3c2)C1=O. The van der Waals surface area contributed by atoms with E-state index in [0.717, 1.165) is 39.0 Å². The van der Waals surface area contributed by atoms with Gasteiger partial charge in [-0.15, -0.1) is 0 Å². The number of aryl methyl sites for hydroxylation is 1. The van der Waals surface area contributed by atoms with Crippen LogP contribution in [0.25, 0.3) is 33.5 Å². The summed E-state index contributed by atoms with van der Waals surface area (Å²) in [5, 5.41) is 14.7. The van der Waals surface area contributed by atoms with Gasteiger partial charge in [-0.1, -0.05) is 29.8 Å². The first-order chi connectivity index (χ1) is 18.8. The number of imidazole rings is 1. The van der Waals surface area contributed by atoms with Crippen molar-refractivity contribution in [1.82, 2.24) is 20.3 Å². The third-order valence-electron chi connectivity index (χ3n) is 7.50. The molecule has 2 aromatic heterocycles. The molecule has 1 saturated carbocycles. The summed E-state index contributed by atoms with van der Waals surface area (Å²) in [6.45, 7) is -0.0384. The first-order valence-corrected chi connectivity index (χ1v) is 13.2. The third kappa shape index (κ3) is 4.93. The number of nitrogens with zero attached hydrogens (tertiary/aromatic N) is 1. The van der Waals surface area contributed by atoms with Gasteiger partial charge < -0.3 is 20.4 Å². The molecule has 1 aliphatic carbocycles. The van der Waals surface area contributed by atoms with Gasteiger partial charge in [0.05, 0.1) is 16.7 Å². The molecule has 0 bridgehead atoms. The van der Waals surface area contributed by atoms with E-state index in [-0.39, 0.29) is 18.0 Å². The molecule has 0 spiro atoms. The molecule has 2 atom stereocenters. The van der Waals surface area contributed by atoms with Crippen LogP contribution in [0.1, 0.15) is 30.4 Å². The van der Waals surface area contributed by atoms with E-state index in [1.54, 1.807) is 0 Å². The molecule has 6 rings (SSSR count). The number of ketones is 1. The summed E-state index contributed by atoms with van der Waals surface area (Å²) < 4.78 is 13.6. The van der Waals surface area contributed by atoms with Gasteiger partial charge in [-0.2, -0.15) is 0 Å². The Morgan fingerprint density at radius 1 is 1.08 bits per heavy atom. The highest BCUT2D eigenvalue weighted by Crippen LogP contribution is 2.35. The maximum Gasteiger partial charge on any atom is 0.260 e. The number of hydrogen-bond acceptors (Lipinski definition) is 4. The van der Waals surface area contributed by atoms with Crippen LogP contribution < -0.4 is 5.32 Å². The summed E-state index contributed by atoms with van der Waals surface area (Å²) in [7, 11) is 0. The summed E-state index contributed by atoms with van der Waals surface area (Å²) in [6.07, 6.45) is 1.65. The number of carbonyl (C=O) groups is 2. The quantitative estimate of drug-likeness (QED) is 0.204. The van der Waals surface area contributed by atoms with Crippen LogP contribution in [0, 0.1) is 11.7 Å². The first-order valence-electron chi connectivity index (χ1n) is 12.9. The topological polar surface area (TPSA) is 111 Å². The predicted molar refractivity (Wildman–Crippen MR) is 148 cm³/mol. The molecular formula is C30H26ClFN4O3. The summed E-state index contributed by atoms with van der Waals surface area (Å²) in [4.78, 5) is 37.2. The Hall–Kier alpha value is -4.01. The Balaban J connectivity index is 1.09. The minimum Gasteiger partial charge on any atom is -0.373 e. The van der Waals surface area contributed by atoms with Crippen LogP contribution in [-0.4, -0.2) is 37.3 Å². The fraction of sp³-hybridized carbons (Fsp3) is 0.233. The minimum atomic E-state index is -2.08. The summed E-state index contributed by atoms with van der Waals surface area (Å²) in [5.74, 6) is -1.40. The number of halogens is 2. The molecule has 5 aromatic rings. The molecule has 0 aliphatic heterocycles. The Bertz CT molecular complexity index is 1670. The standard InChI is InChI=1S/C30H26ClFN4O3/c31-21-12-18(13-22(32)15-21)16-33-29(38)30(39)10-9-19(27(30)37)7-5-17-6-8-23-20(11-17)14-26(34-23)28-35-24-3-1-2-4-25(24)36-28/h1-4,6,8,11-15,19,34,39H,5,7,9-10,16H2,(H,33,38)(H,35,36)/t19?,30-/m1/s1. The zero-order chi connectivity index (χ0) is 27.1. The number of benzene rings is 3. The van der Waals surface area contributed by atoms with E-state index in [9.17, 15) is 19.1 Å². The normalized spacial score (nSPS) is 19.3. The number of H-pyrrole nitrogens is 2. The molecule has 1 unspecified atom stereocenters. The number of rotatable bonds is 7. The van der Waals surface area contributed by atoms with E-state index in [2.05, 4.69) is 26.3 Å². The lowest BCUT2D eigenvalue weighted by Gasteiger charge is -2.20. The number of carbonyl (C=O) groups excluding carboxylic acids is 2. The molecule has 1 aliphatic rings. The monoisotopic (exact) mass is 544 g/mol. The molecule has 1 fully saturated rings. The number of aromatic amines is 2. The van der Waals surface area contributed by atoms with Crippen LogP contribution in [0.15, 0.2) is 66.7 Å². The minimum absolute atomic E-state index is 0.0384. The van der Waals surface area contributed by atoms with E-state index >= 15 is 0 Å². The van der Waals surface area contributed by atoms with Crippen molar-refractivity contribution >= 4 is 45.2 Å². The molecule has 39 heavy (non-hydrogen) atoms. The second-order valence-electron chi connectivity index (χ2n) is 10.2. The molecule has 0 radical (unpaired) electrons. The second-order valence-corrected chi connectivity index (χ2v) is 10.6. The van der Waals surface area contributed by atoms with E-state index < -0.39 is 29.0 Å². The van der Waals surface area contributed by atoms with Gasteiger partial charge in [-0.05, 0) is 85.3 Å². The Kier molecular flexibility index (Phi) is 6.45. The van der Waals surface area contributed by atoms with Crippen LogP contribution in [0.5, 0.6) is 0 Å². The Morgan fingerprint density at radius 2 is 1.92 bits per heavy atom. The predicted octanol–water partition coefficient (Wildman–Crippen LogP) is 5.46. The van der Waals surface area contributed by atoms with E-state index in [0.29, 0.717) is 24.8 Å². The van der Waals surface area contributed by atoms with Crippen LogP contribution in [0.4, 0.5) is 4.39 Å². The second kappa shape index (κ2) is 9.94. The van der Waals surface area contributed by atoms with Crippen LogP contribution in [0.3, 0.4) is 0 Å². The van der Waals surface area contributed by atoms with Gasteiger partial charge in [-0.3, -0.25) is 9.59 Å². The van der Waals surface area contributed by atoms with Crippen LogP contribution in [-0.2, 0) is 22.6 Å². The van der Waals surface area contributed by atoms with Crippen molar-refractivity contribution in [3.05, 3.63) is 88.7 Å². The van der Waals surface area contributed by atoms with Crippen molar-refractivity contribution in [3.63, 3.8) is 0 Å². The van der Waals surface area contributed by atoms with Crippen LogP contribution >= 0.6 is 11.6 Å². The fourth-order valence-electron chi connectivity index (χ4n) is 5.40. The molecule has 4 N–H and O–H groups in total. The number of para-hydroxylation sites is 2. The maximum atomic E-state index is 13.6. The van der Waals surface area contributed by atoms with Gasteiger partial charge >= 0.3 is 0 Å². The summed E-state index contributed by atoms with van der Waals surface area (Å²) in [5.41, 5.74) is 3.18. The van der Waals surface area contributed by atoms with E-state index in [4.69, 9.17) is 11.6 Å². The van der Waals surface area contributed by atoms with Crippen molar-refractivity contribution in [1.29, 1.82) is 0 Å². The lowest BCUT2D eigenvalue weighted by molar-refractivity contribution is -0.150. The molecule has 7 nitrogen and oxygen atoms in total. The number of aromatic nitrogens is 3. The van der Waals surface area contributed by atoms with Crippen LogP contribution in [0.2, 0.25) is 5.02 Å². The first kappa shape index (κ1) is 25.3. The number of amides is 1. The maximum absolute atomic E-state index is 13.6. The molecule has 0 saturated heterocycles. The summed E-state index contributed by atoms with van der Waals surface area (Å²) in [6, 6.07) is 20.0. The van der Waals surface area contributed by atoms with Crippen molar-refractivity contribution in [3.8, 4) is 11.5 Å². The van der Waals surface area contributed by atoms with Crippen molar-refractivity contribution in [2.75, 3.05) is 0 Å². The van der Waals surface area contributed by atoms with Gasteiger partial charge in [0, 0.05) is 28.4 Å². The van der Waals surface area contributed by atoms with Gasteiger partial charge in [0.1, 0.15) is 5.82 Å². The van der Waals surface area contributed by atoms with Gasteiger partial charge in [0.15, 0.2) is 11.6 Å². The smallest absolute Gasteiger partial charge is 0.260 e. The number of Topliss-reactive ketones (excluding diaryl/α,β-unsaturated/α-hetero) is 1. The zero-order valence-electron chi connectivity index (χ0n) is 20.9. The Labute approximate surface area is 228 Å². The molecule has 9 heteroatoms. The highest BCUT2D eigenvalue weighted by Gasteiger charge is 2.51. The highest BCUT2D eigenvalue weighted by molar-refractivity contribution is 6.30. The fourth-order valence-corrected chi connectivity index (χ4v) is 5.65. The average molecular weight is 545 g/mol. The number of fused-ring (bicyclic) bond motifs is 2. The average Bonchev–Trinajstić information content (AvgIpc) is 3.61. The number of nitrogens with one attached hydrogen (secondary N) is 3. The molecular weight excluding hydrogens is 519 g/mol. The largest absolute Gasteiger partial charge is 0.373 e. The van der Waals surface area contributed by atoms with Crippen molar-refractivity contribution in [2.24, 2.45) is 5.92 Å². The van der Waals surface area contributed by atoms with E-state index in [1.807, 2.05) is 42.5 Å². The number of aliphatic hydroxyl groups is 1. The van der Waals surface area contributed by atoms with Gasteiger partial charge in [0.2, 0.25) is 5.60 Å². The van der Waals surface area contributed by atoms with E-state index in [1.165, 1.54) is 18.2 Å². The molecule has 1 amide bonds. The third-order valence-corrected chi connectivity index (χ3v) is 7.71. The molecule has 2 heterocycles. The highest BCUT2D eigenvalue weighted by atomic mass is 35.5. The Morgan fingerprint density at radius 3 is 2.74 bits per heavy atom. The lowest BCUT2D eigenvalue weighted by Crippen LogP contribution is -2.50. The summed E-state index contributed by atoms with van der Waals surface area (Å²) >= 11 is 5.86. The van der Waals surface area contributed by atoms with Crippen molar-refractivity contribution < 1.29 is 19.1 Å². The van der Waals surface area contributed by atoms with Crippen molar-refractivity contribution in [2.45, 2.75) is 37.8 Å². The number of hydrogen-bond donors (Lipinski definition) is 4. The lowest BCUT2D eigenvalue weighted by atomic mass is 9.93.